The maximum Gasteiger partial charge on any atom is 0.205 e. The Hall–Kier alpha value is -0.770. The lowest BCUT2D eigenvalue weighted by Crippen LogP contribution is -2.50. The molecule has 0 heterocycles. The molecule has 1 fully saturated rings. The summed E-state index contributed by atoms with van der Waals surface area (Å²) in [5.41, 5.74) is 2.68. The first-order valence-corrected chi connectivity index (χ1v) is 6.96. The molecule has 0 aromatic carbocycles. The van der Waals surface area contributed by atoms with E-state index in [0.717, 1.165) is 31.3 Å². The van der Waals surface area contributed by atoms with Crippen molar-refractivity contribution in [2.45, 2.75) is 58.9 Å². The maximum atomic E-state index is 5.51. The van der Waals surface area contributed by atoms with E-state index < -0.39 is 0 Å². The van der Waals surface area contributed by atoms with Crippen molar-refractivity contribution >= 4 is 5.96 Å². The SMILES string of the molecule is CCCCN=C(NN)NC1CCCC(C)C1C. The monoisotopic (exact) mass is 240 g/mol. The number of nitrogens with zero attached hydrogens (tertiary/aromatic N) is 1. The molecule has 0 spiro atoms. The third-order valence-corrected chi connectivity index (χ3v) is 3.95. The molecule has 0 aromatic heterocycles. The molecule has 0 saturated heterocycles. The quantitative estimate of drug-likeness (QED) is 0.232. The van der Waals surface area contributed by atoms with Gasteiger partial charge in [0.2, 0.25) is 5.96 Å². The summed E-state index contributed by atoms with van der Waals surface area (Å²) in [4.78, 5) is 4.45. The third-order valence-electron chi connectivity index (χ3n) is 3.95. The molecule has 4 heteroatoms. The zero-order chi connectivity index (χ0) is 12.7. The van der Waals surface area contributed by atoms with Crippen LogP contribution in [0.15, 0.2) is 4.99 Å². The van der Waals surface area contributed by atoms with Gasteiger partial charge in [0.25, 0.3) is 0 Å². The van der Waals surface area contributed by atoms with Crippen LogP contribution in [-0.2, 0) is 0 Å². The highest BCUT2D eigenvalue weighted by Gasteiger charge is 2.27. The molecule has 17 heavy (non-hydrogen) atoms. The highest BCUT2D eigenvalue weighted by atomic mass is 15.3. The van der Waals surface area contributed by atoms with E-state index in [0.29, 0.717) is 12.0 Å². The second kappa shape index (κ2) is 7.54. The lowest BCUT2D eigenvalue weighted by molar-refractivity contribution is 0.223. The van der Waals surface area contributed by atoms with Gasteiger partial charge in [-0.05, 0) is 24.7 Å². The summed E-state index contributed by atoms with van der Waals surface area (Å²) in [6.45, 7) is 7.67. The first-order chi connectivity index (χ1) is 8.19. The van der Waals surface area contributed by atoms with Gasteiger partial charge in [0.1, 0.15) is 0 Å². The zero-order valence-electron chi connectivity index (χ0n) is 11.5. The van der Waals surface area contributed by atoms with Crippen LogP contribution in [-0.4, -0.2) is 18.5 Å². The molecule has 4 nitrogen and oxygen atoms in total. The van der Waals surface area contributed by atoms with Crippen molar-refractivity contribution in [1.82, 2.24) is 10.7 Å². The summed E-state index contributed by atoms with van der Waals surface area (Å²) < 4.78 is 0. The summed E-state index contributed by atoms with van der Waals surface area (Å²) >= 11 is 0. The Morgan fingerprint density at radius 1 is 1.35 bits per heavy atom. The number of aliphatic imine (C=N–C) groups is 1. The molecular weight excluding hydrogens is 212 g/mol. The summed E-state index contributed by atoms with van der Waals surface area (Å²) in [7, 11) is 0. The Morgan fingerprint density at radius 2 is 2.12 bits per heavy atom. The number of hydrogen-bond acceptors (Lipinski definition) is 2. The summed E-state index contributed by atoms with van der Waals surface area (Å²) in [5.74, 6) is 7.74. The molecule has 100 valence electrons. The maximum absolute atomic E-state index is 5.51. The van der Waals surface area contributed by atoms with E-state index in [-0.39, 0.29) is 0 Å². The molecule has 0 amide bonds. The van der Waals surface area contributed by atoms with Crippen LogP contribution in [0.4, 0.5) is 0 Å². The van der Waals surface area contributed by atoms with Gasteiger partial charge >= 0.3 is 0 Å². The molecule has 3 unspecified atom stereocenters. The smallest absolute Gasteiger partial charge is 0.205 e. The predicted octanol–water partition coefficient (Wildman–Crippen LogP) is 2.02. The summed E-state index contributed by atoms with van der Waals surface area (Å²) in [6, 6.07) is 0.509. The predicted molar refractivity (Wildman–Crippen MR) is 73.6 cm³/mol. The van der Waals surface area contributed by atoms with Crippen molar-refractivity contribution in [1.29, 1.82) is 0 Å². The average Bonchev–Trinajstić information content (AvgIpc) is 2.33. The molecule has 1 saturated carbocycles. The van der Waals surface area contributed by atoms with E-state index in [2.05, 4.69) is 36.5 Å². The second-order valence-electron chi connectivity index (χ2n) is 5.25. The summed E-state index contributed by atoms with van der Waals surface area (Å²) in [6.07, 6.45) is 6.15. The lowest BCUT2D eigenvalue weighted by Gasteiger charge is -2.35. The van der Waals surface area contributed by atoms with Crippen LogP contribution in [0, 0.1) is 11.8 Å². The summed E-state index contributed by atoms with van der Waals surface area (Å²) in [5, 5.41) is 3.46. The number of hydrogen-bond donors (Lipinski definition) is 3. The highest BCUT2D eigenvalue weighted by Crippen LogP contribution is 2.29. The van der Waals surface area contributed by atoms with Crippen molar-refractivity contribution in [3.05, 3.63) is 0 Å². The fourth-order valence-electron chi connectivity index (χ4n) is 2.44. The van der Waals surface area contributed by atoms with Crippen molar-refractivity contribution < 1.29 is 0 Å². The van der Waals surface area contributed by atoms with E-state index in [1.54, 1.807) is 0 Å². The molecule has 1 aliphatic carbocycles. The van der Waals surface area contributed by atoms with Crippen molar-refractivity contribution in [2.75, 3.05) is 6.54 Å². The minimum atomic E-state index is 0.509. The van der Waals surface area contributed by atoms with E-state index >= 15 is 0 Å². The van der Waals surface area contributed by atoms with Crippen molar-refractivity contribution in [2.24, 2.45) is 22.7 Å². The normalized spacial score (nSPS) is 30.1. The molecule has 1 aliphatic rings. The Labute approximate surface area is 105 Å². The Morgan fingerprint density at radius 3 is 2.76 bits per heavy atom. The Balaban J connectivity index is 2.46. The zero-order valence-corrected chi connectivity index (χ0v) is 11.5. The van der Waals surface area contributed by atoms with E-state index in [1.165, 1.54) is 19.3 Å². The topological polar surface area (TPSA) is 62.4 Å². The van der Waals surface area contributed by atoms with Gasteiger partial charge in [0, 0.05) is 12.6 Å². The molecule has 1 rings (SSSR count). The van der Waals surface area contributed by atoms with Crippen LogP contribution < -0.4 is 16.6 Å². The molecule has 4 N–H and O–H groups in total. The number of guanidine groups is 1. The standard InChI is InChI=1S/C13H28N4/c1-4-5-9-15-13(17-14)16-12-8-6-7-10(2)11(12)3/h10-12H,4-9,14H2,1-3H3,(H2,15,16,17). The number of hydrazine groups is 1. The fraction of sp³-hybridized carbons (Fsp3) is 0.923. The molecule has 0 radical (unpaired) electrons. The minimum absolute atomic E-state index is 0.509. The largest absolute Gasteiger partial charge is 0.352 e. The number of unbranched alkanes of at least 4 members (excludes halogenated alkanes) is 1. The van der Waals surface area contributed by atoms with Gasteiger partial charge in [-0.1, -0.05) is 40.0 Å². The van der Waals surface area contributed by atoms with Gasteiger partial charge < -0.3 is 5.32 Å². The van der Waals surface area contributed by atoms with Crippen LogP contribution in [0.25, 0.3) is 0 Å². The van der Waals surface area contributed by atoms with Crippen LogP contribution in [0.2, 0.25) is 0 Å². The first-order valence-electron chi connectivity index (χ1n) is 6.96. The Kier molecular flexibility index (Phi) is 6.34. The highest BCUT2D eigenvalue weighted by molar-refractivity contribution is 5.79. The number of rotatable bonds is 4. The van der Waals surface area contributed by atoms with Crippen LogP contribution >= 0.6 is 0 Å². The van der Waals surface area contributed by atoms with E-state index in [9.17, 15) is 0 Å². The van der Waals surface area contributed by atoms with Gasteiger partial charge in [-0.3, -0.25) is 10.4 Å². The van der Waals surface area contributed by atoms with E-state index in [1.807, 2.05) is 0 Å². The third kappa shape index (κ3) is 4.54. The van der Waals surface area contributed by atoms with Gasteiger partial charge in [-0.2, -0.15) is 0 Å². The molecule has 0 bridgehead atoms. The fourth-order valence-corrected chi connectivity index (χ4v) is 2.44. The molecule has 0 aliphatic heterocycles. The number of nitrogens with two attached hydrogens (primary N) is 1. The second-order valence-corrected chi connectivity index (χ2v) is 5.25. The van der Waals surface area contributed by atoms with Gasteiger partial charge in [0.15, 0.2) is 0 Å². The van der Waals surface area contributed by atoms with Crippen LogP contribution in [0.3, 0.4) is 0 Å². The molecule has 0 aromatic rings. The van der Waals surface area contributed by atoms with Crippen molar-refractivity contribution in [3.8, 4) is 0 Å². The van der Waals surface area contributed by atoms with Crippen LogP contribution in [0.5, 0.6) is 0 Å². The van der Waals surface area contributed by atoms with Gasteiger partial charge in [-0.15, -0.1) is 0 Å². The molecular formula is C13H28N4. The van der Waals surface area contributed by atoms with E-state index in [4.69, 9.17) is 5.84 Å². The average molecular weight is 240 g/mol. The van der Waals surface area contributed by atoms with Gasteiger partial charge in [-0.25, -0.2) is 5.84 Å². The number of nitrogens with one attached hydrogen (secondary N) is 2. The van der Waals surface area contributed by atoms with Gasteiger partial charge in [0.05, 0.1) is 0 Å². The minimum Gasteiger partial charge on any atom is -0.352 e. The first kappa shape index (κ1) is 14.3. The van der Waals surface area contributed by atoms with Crippen molar-refractivity contribution in [3.63, 3.8) is 0 Å². The molecule has 3 atom stereocenters. The van der Waals surface area contributed by atoms with Crippen LogP contribution in [0.1, 0.15) is 52.9 Å². The lowest BCUT2D eigenvalue weighted by atomic mass is 9.78. The Bertz CT molecular complexity index is 240.